The molecule has 2 aromatic rings. The second-order valence-corrected chi connectivity index (χ2v) is 3.12. The summed E-state index contributed by atoms with van der Waals surface area (Å²) < 4.78 is 4.86. The number of hydrogen-bond donors (Lipinski definition) is 3. The van der Waals surface area contributed by atoms with Gasteiger partial charge in [-0.2, -0.15) is 0 Å². The average molecular weight is 205 g/mol. The van der Waals surface area contributed by atoms with Crippen LogP contribution in [0.4, 0.5) is 11.6 Å². The number of benzene rings is 1. The number of nitrogens with zero attached hydrogens (tertiary/aromatic N) is 1. The molecule has 78 valence electrons. The molecule has 15 heavy (non-hydrogen) atoms. The lowest BCUT2D eigenvalue weighted by Crippen LogP contribution is -1.98. The third-order valence-electron chi connectivity index (χ3n) is 2.00. The van der Waals surface area contributed by atoms with Gasteiger partial charge in [0.15, 0.2) is 0 Å². The van der Waals surface area contributed by atoms with Crippen molar-refractivity contribution in [2.75, 3.05) is 11.1 Å². The summed E-state index contributed by atoms with van der Waals surface area (Å²) in [5.74, 6) is 0.679. The predicted molar refractivity (Wildman–Crippen MR) is 56.3 cm³/mol. The molecule has 5 heteroatoms. The van der Waals surface area contributed by atoms with Crippen LogP contribution in [0.25, 0.3) is 0 Å². The molecule has 0 unspecified atom stereocenters. The SMILES string of the molecule is Nc1ccc(CNc2ccno2)cc1O. The van der Waals surface area contributed by atoms with Gasteiger partial charge in [0, 0.05) is 12.6 Å². The van der Waals surface area contributed by atoms with E-state index in [4.69, 9.17) is 10.3 Å². The zero-order valence-corrected chi connectivity index (χ0v) is 7.97. The summed E-state index contributed by atoms with van der Waals surface area (Å²) in [6.07, 6.45) is 1.56. The fourth-order valence-corrected chi connectivity index (χ4v) is 1.20. The van der Waals surface area contributed by atoms with E-state index in [1.54, 1.807) is 24.4 Å². The van der Waals surface area contributed by atoms with Crippen LogP contribution in [-0.2, 0) is 6.54 Å². The van der Waals surface area contributed by atoms with E-state index in [2.05, 4.69) is 10.5 Å². The van der Waals surface area contributed by atoms with Gasteiger partial charge in [-0.05, 0) is 17.7 Å². The minimum atomic E-state index is 0.0897. The number of phenolic OH excluding ortho intramolecular Hbond substituents is 1. The molecule has 4 N–H and O–H groups in total. The molecule has 0 aliphatic carbocycles. The maximum Gasteiger partial charge on any atom is 0.224 e. The van der Waals surface area contributed by atoms with Crippen molar-refractivity contribution < 1.29 is 9.63 Å². The highest BCUT2D eigenvalue weighted by Gasteiger charge is 2.00. The Hall–Kier alpha value is -2.17. The molecule has 0 atom stereocenters. The van der Waals surface area contributed by atoms with Crippen molar-refractivity contribution in [3.63, 3.8) is 0 Å². The summed E-state index contributed by atoms with van der Waals surface area (Å²) in [5.41, 5.74) is 6.77. The number of nitrogen functional groups attached to an aromatic ring is 1. The molecule has 0 bridgehead atoms. The van der Waals surface area contributed by atoms with Gasteiger partial charge >= 0.3 is 0 Å². The first-order chi connectivity index (χ1) is 7.25. The minimum Gasteiger partial charge on any atom is -0.506 e. The van der Waals surface area contributed by atoms with Crippen LogP contribution in [0.15, 0.2) is 35.0 Å². The van der Waals surface area contributed by atoms with Gasteiger partial charge in [0.05, 0.1) is 11.9 Å². The Labute approximate surface area is 86.5 Å². The first-order valence-corrected chi connectivity index (χ1v) is 4.47. The van der Waals surface area contributed by atoms with E-state index in [9.17, 15) is 5.11 Å². The van der Waals surface area contributed by atoms with E-state index >= 15 is 0 Å². The Morgan fingerprint density at radius 2 is 2.27 bits per heavy atom. The van der Waals surface area contributed by atoms with Gasteiger partial charge in [-0.15, -0.1) is 0 Å². The van der Waals surface area contributed by atoms with Crippen LogP contribution >= 0.6 is 0 Å². The summed E-state index contributed by atoms with van der Waals surface area (Å²) in [5, 5.41) is 15.9. The zero-order valence-electron chi connectivity index (χ0n) is 7.97. The molecule has 1 heterocycles. The highest BCUT2D eigenvalue weighted by molar-refractivity contribution is 5.53. The lowest BCUT2D eigenvalue weighted by atomic mass is 10.2. The maximum atomic E-state index is 9.37. The van der Waals surface area contributed by atoms with Crippen LogP contribution in [0, 0.1) is 0 Å². The van der Waals surface area contributed by atoms with Gasteiger partial charge in [0.2, 0.25) is 5.88 Å². The van der Waals surface area contributed by atoms with Crippen LogP contribution < -0.4 is 11.1 Å². The van der Waals surface area contributed by atoms with E-state index in [1.807, 2.05) is 6.07 Å². The van der Waals surface area contributed by atoms with Crippen LogP contribution in [0.3, 0.4) is 0 Å². The van der Waals surface area contributed by atoms with E-state index in [0.717, 1.165) is 5.56 Å². The Morgan fingerprint density at radius 3 is 2.93 bits per heavy atom. The Morgan fingerprint density at radius 1 is 1.40 bits per heavy atom. The van der Waals surface area contributed by atoms with Gasteiger partial charge < -0.3 is 20.7 Å². The van der Waals surface area contributed by atoms with Crippen molar-refractivity contribution in [3.8, 4) is 5.75 Å². The first-order valence-electron chi connectivity index (χ1n) is 4.47. The highest BCUT2D eigenvalue weighted by atomic mass is 16.5. The molecule has 1 aromatic heterocycles. The Balaban J connectivity index is 2.02. The van der Waals surface area contributed by atoms with Crippen molar-refractivity contribution in [2.45, 2.75) is 6.54 Å². The molecular formula is C10H11N3O2. The summed E-state index contributed by atoms with van der Waals surface area (Å²) in [7, 11) is 0. The van der Waals surface area contributed by atoms with Gasteiger partial charge in [-0.25, -0.2) is 0 Å². The van der Waals surface area contributed by atoms with Crippen LogP contribution in [-0.4, -0.2) is 10.3 Å². The molecule has 2 rings (SSSR count). The lowest BCUT2D eigenvalue weighted by molar-refractivity contribution is 0.432. The minimum absolute atomic E-state index is 0.0897. The number of anilines is 2. The van der Waals surface area contributed by atoms with E-state index in [1.165, 1.54) is 0 Å². The summed E-state index contributed by atoms with van der Waals surface area (Å²) in [6, 6.07) is 6.82. The number of aromatic hydroxyl groups is 1. The zero-order chi connectivity index (χ0) is 10.7. The van der Waals surface area contributed by atoms with Gasteiger partial charge in [0.1, 0.15) is 5.75 Å². The highest BCUT2D eigenvalue weighted by Crippen LogP contribution is 2.21. The average Bonchev–Trinajstić information content (AvgIpc) is 2.73. The molecule has 0 aliphatic heterocycles. The van der Waals surface area contributed by atoms with Crippen molar-refractivity contribution in [1.82, 2.24) is 5.16 Å². The third-order valence-corrected chi connectivity index (χ3v) is 2.00. The number of rotatable bonds is 3. The number of aromatic nitrogens is 1. The number of phenols is 1. The molecule has 0 amide bonds. The molecule has 0 radical (unpaired) electrons. The monoisotopic (exact) mass is 205 g/mol. The molecule has 0 saturated heterocycles. The van der Waals surface area contributed by atoms with E-state index in [0.29, 0.717) is 18.1 Å². The third kappa shape index (κ3) is 2.19. The molecule has 0 spiro atoms. The van der Waals surface area contributed by atoms with Crippen LogP contribution in [0.5, 0.6) is 5.75 Å². The summed E-state index contributed by atoms with van der Waals surface area (Å²) >= 11 is 0. The van der Waals surface area contributed by atoms with Crippen LogP contribution in [0.2, 0.25) is 0 Å². The predicted octanol–water partition coefficient (Wildman–Crippen LogP) is 1.57. The Kier molecular flexibility index (Phi) is 2.45. The largest absolute Gasteiger partial charge is 0.506 e. The number of nitrogens with two attached hydrogens (primary N) is 1. The smallest absolute Gasteiger partial charge is 0.224 e. The van der Waals surface area contributed by atoms with E-state index in [-0.39, 0.29) is 5.75 Å². The number of nitrogens with one attached hydrogen (secondary N) is 1. The molecule has 5 nitrogen and oxygen atoms in total. The topological polar surface area (TPSA) is 84.3 Å². The summed E-state index contributed by atoms with van der Waals surface area (Å²) in [4.78, 5) is 0. The van der Waals surface area contributed by atoms with Crippen molar-refractivity contribution in [1.29, 1.82) is 0 Å². The van der Waals surface area contributed by atoms with Gasteiger partial charge in [-0.3, -0.25) is 0 Å². The van der Waals surface area contributed by atoms with Crippen LogP contribution in [0.1, 0.15) is 5.56 Å². The van der Waals surface area contributed by atoms with Crippen molar-refractivity contribution in [2.24, 2.45) is 0 Å². The van der Waals surface area contributed by atoms with Gasteiger partial charge in [-0.1, -0.05) is 11.2 Å². The molecular weight excluding hydrogens is 194 g/mol. The molecule has 0 saturated carbocycles. The molecule has 1 aromatic carbocycles. The van der Waals surface area contributed by atoms with Gasteiger partial charge in [0.25, 0.3) is 0 Å². The number of hydrogen-bond acceptors (Lipinski definition) is 5. The Bertz CT molecular complexity index is 440. The maximum absolute atomic E-state index is 9.37. The fourth-order valence-electron chi connectivity index (χ4n) is 1.20. The molecule has 0 aliphatic rings. The quantitative estimate of drug-likeness (QED) is 0.523. The normalized spacial score (nSPS) is 10.1. The van der Waals surface area contributed by atoms with E-state index < -0.39 is 0 Å². The van der Waals surface area contributed by atoms with Crippen molar-refractivity contribution >= 4 is 11.6 Å². The second-order valence-electron chi connectivity index (χ2n) is 3.12. The second kappa shape index (κ2) is 3.91. The standard InChI is InChI=1S/C10H11N3O2/c11-8-2-1-7(5-9(8)14)6-12-10-3-4-13-15-10/h1-5,12,14H,6,11H2. The summed E-state index contributed by atoms with van der Waals surface area (Å²) in [6.45, 7) is 0.545. The first kappa shape index (κ1) is 9.39. The fraction of sp³-hybridized carbons (Fsp3) is 0.100. The lowest BCUT2D eigenvalue weighted by Gasteiger charge is -2.04. The molecule has 0 fully saturated rings. The van der Waals surface area contributed by atoms with Crippen molar-refractivity contribution in [3.05, 3.63) is 36.0 Å².